The molecule has 1 amide bonds. The Morgan fingerprint density at radius 1 is 1.14 bits per heavy atom. The molecule has 0 saturated carbocycles. The number of nitrogens with one attached hydrogen (secondary N) is 1. The van der Waals surface area contributed by atoms with Gasteiger partial charge in [0.05, 0.1) is 17.6 Å². The number of unbranched alkanes of at least 4 members (excludes halogenated alkanes) is 3. The van der Waals surface area contributed by atoms with Crippen LogP contribution in [0.5, 0.6) is 5.75 Å². The highest BCUT2D eigenvalue weighted by Crippen LogP contribution is 2.20. The van der Waals surface area contributed by atoms with Gasteiger partial charge in [0.1, 0.15) is 11.4 Å². The van der Waals surface area contributed by atoms with Crippen molar-refractivity contribution in [3.63, 3.8) is 0 Å². The average molecular weight is 375 g/mol. The third kappa shape index (κ3) is 5.16. The first-order valence-corrected chi connectivity index (χ1v) is 9.55. The number of ether oxygens (including phenoxy) is 1. The highest BCUT2D eigenvalue weighted by molar-refractivity contribution is 6.05. The van der Waals surface area contributed by atoms with Crippen LogP contribution in [0.15, 0.2) is 61.3 Å². The van der Waals surface area contributed by atoms with E-state index in [-0.39, 0.29) is 5.91 Å². The molecule has 0 spiro atoms. The number of pyridine rings is 2. The van der Waals surface area contributed by atoms with Gasteiger partial charge < -0.3 is 10.1 Å². The molecule has 0 aliphatic carbocycles. The number of hydrogen-bond acceptors (Lipinski definition) is 4. The van der Waals surface area contributed by atoms with Crippen LogP contribution in [-0.2, 0) is 0 Å². The minimum atomic E-state index is -0.246. The van der Waals surface area contributed by atoms with Gasteiger partial charge in [-0.15, -0.1) is 6.58 Å². The Bertz CT molecular complexity index is 969. The van der Waals surface area contributed by atoms with Crippen LogP contribution in [0, 0.1) is 6.92 Å². The van der Waals surface area contributed by atoms with Crippen molar-refractivity contribution < 1.29 is 9.53 Å². The third-order valence-corrected chi connectivity index (χ3v) is 4.40. The summed E-state index contributed by atoms with van der Waals surface area (Å²) >= 11 is 0. The van der Waals surface area contributed by atoms with E-state index < -0.39 is 0 Å². The summed E-state index contributed by atoms with van der Waals surface area (Å²) in [5.74, 6) is 0.499. The molecule has 5 nitrogen and oxygen atoms in total. The number of rotatable bonds is 9. The number of nitrogens with zero attached hydrogens (tertiary/aromatic N) is 2. The zero-order chi connectivity index (χ0) is 19.8. The lowest BCUT2D eigenvalue weighted by atomic mass is 10.1. The van der Waals surface area contributed by atoms with Gasteiger partial charge in [-0.3, -0.25) is 9.78 Å². The summed E-state index contributed by atoms with van der Waals surface area (Å²) in [6.07, 6.45) is 7.95. The summed E-state index contributed by atoms with van der Waals surface area (Å²) in [5.41, 5.74) is 3.35. The lowest BCUT2D eigenvalue weighted by Crippen LogP contribution is -2.15. The molecule has 0 saturated heterocycles. The van der Waals surface area contributed by atoms with Crippen molar-refractivity contribution in [2.45, 2.75) is 32.6 Å². The lowest BCUT2D eigenvalue weighted by molar-refractivity contribution is 0.102. The van der Waals surface area contributed by atoms with Crippen LogP contribution in [0.4, 0.5) is 5.69 Å². The molecule has 144 valence electrons. The standard InChI is InChI=1S/C23H25N3O2/c1-3-4-5-6-7-14-28-19-11-8-10-18(16-19)25-23(27)22-17(2)15-21-20(26-22)12-9-13-24-21/h3,8-13,15-16H,1,4-7,14H2,2H3,(H,25,27). The number of aromatic nitrogens is 2. The molecule has 0 radical (unpaired) electrons. The fourth-order valence-electron chi connectivity index (χ4n) is 2.94. The highest BCUT2D eigenvalue weighted by Gasteiger charge is 2.13. The van der Waals surface area contributed by atoms with Crippen molar-refractivity contribution in [1.82, 2.24) is 9.97 Å². The minimum absolute atomic E-state index is 0.246. The number of hydrogen-bond donors (Lipinski definition) is 1. The Morgan fingerprint density at radius 2 is 2.04 bits per heavy atom. The second-order valence-electron chi connectivity index (χ2n) is 6.66. The molecule has 0 atom stereocenters. The molecule has 28 heavy (non-hydrogen) atoms. The summed E-state index contributed by atoms with van der Waals surface area (Å²) in [6.45, 7) is 6.25. The van der Waals surface area contributed by atoms with E-state index in [9.17, 15) is 4.79 Å². The van der Waals surface area contributed by atoms with Gasteiger partial charge in [0.25, 0.3) is 5.91 Å². The van der Waals surface area contributed by atoms with E-state index in [1.165, 1.54) is 0 Å². The topological polar surface area (TPSA) is 64.1 Å². The number of benzene rings is 1. The highest BCUT2D eigenvalue weighted by atomic mass is 16.5. The summed E-state index contributed by atoms with van der Waals surface area (Å²) in [5, 5.41) is 2.91. The van der Waals surface area contributed by atoms with Gasteiger partial charge in [-0.1, -0.05) is 12.1 Å². The molecular weight excluding hydrogens is 350 g/mol. The maximum atomic E-state index is 12.7. The van der Waals surface area contributed by atoms with Gasteiger partial charge >= 0.3 is 0 Å². The average Bonchev–Trinajstić information content (AvgIpc) is 2.70. The van der Waals surface area contributed by atoms with Crippen LogP contribution in [0.3, 0.4) is 0 Å². The number of anilines is 1. The van der Waals surface area contributed by atoms with Gasteiger partial charge in [0.15, 0.2) is 0 Å². The number of amides is 1. The van der Waals surface area contributed by atoms with Gasteiger partial charge in [-0.2, -0.15) is 0 Å². The first-order chi connectivity index (χ1) is 13.7. The van der Waals surface area contributed by atoms with E-state index in [2.05, 4.69) is 21.9 Å². The third-order valence-electron chi connectivity index (χ3n) is 4.40. The summed E-state index contributed by atoms with van der Waals surface area (Å²) in [4.78, 5) is 21.4. The SMILES string of the molecule is C=CCCCCCOc1cccc(NC(=O)c2nc3cccnc3cc2C)c1. The summed E-state index contributed by atoms with van der Waals surface area (Å²) in [7, 11) is 0. The maximum absolute atomic E-state index is 12.7. The van der Waals surface area contributed by atoms with Crippen molar-refractivity contribution in [3.8, 4) is 5.75 Å². The molecule has 1 aromatic carbocycles. The van der Waals surface area contributed by atoms with E-state index >= 15 is 0 Å². The number of carbonyl (C=O) groups excluding carboxylic acids is 1. The van der Waals surface area contributed by atoms with Crippen LogP contribution in [0.1, 0.15) is 41.7 Å². The molecule has 5 heteroatoms. The van der Waals surface area contributed by atoms with Gasteiger partial charge in [-0.25, -0.2) is 4.98 Å². The Morgan fingerprint density at radius 3 is 2.89 bits per heavy atom. The normalized spacial score (nSPS) is 10.6. The Hall–Kier alpha value is -3.21. The van der Waals surface area contributed by atoms with Crippen LogP contribution in [0.25, 0.3) is 11.0 Å². The van der Waals surface area contributed by atoms with Crippen LogP contribution in [-0.4, -0.2) is 22.5 Å². The van der Waals surface area contributed by atoms with Crippen LogP contribution in [0.2, 0.25) is 0 Å². The second kappa shape index (κ2) is 9.65. The second-order valence-corrected chi connectivity index (χ2v) is 6.66. The first kappa shape index (κ1) is 19.5. The number of carbonyl (C=O) groups is 1. The molecule has 0 aliphatic heterocycles. The van der Waals surface area contributed by atoms with Gasteiger partial charge in [0, 0.05) is 18.0 Å². The molecule has 1 N–H and O–H groups in total. The molecule has 2 heterocycles. The lowest BCUT2D eigenvalue weighted by Gasteiger charge is -2.10. The van der Waals surface area contributed by atoms with E-state index in [1.807, 2.05) is 55.5 Å². The Labute approximate surface area is 165 Å². The van der Waals surface area contributed by atoms with Crippen LogP contribution >= 0.6 is 0 Å². The molecular formula is C23H25N3O2. The quantitative estimate of drug-likeness (QED) is 0.406. The van der Waals surface area contributed by atoms with Crippen molar-refractivity contribution >= 4 is 22.6 Å². The predicted molar refractivity (Wildman–Crippen MR) is 113 cm³/mol. The fraction of sp³-hybridized carbons (Fsp3) is 0.261. The molecule has 0 fully saturated rings. The van der Waals surface area contributed by atoms with Crippen molar-refractivity contribution in [3.05, 3.63) is 72.6 Å². The molecule has 0 aliphatic rings. The number of aryl methyl sites for hydroxylation is 1. The smallest absolute Gasteiger partial charge is 0.274 e. The maximum Gasteiger partial charge on any atom is 0.274 e. The van der Waals surface area contributed by atoms with Gasteiger partial charge in [-0.05, 0) is 68.5 Å². The number of fused-ring (bicyclic) bond motifs is 1. The van der Waals surface area contributed by atoms with Crippen molar-refractivity contribution in [2.75, 3.05) is 11.9 Å². The van der Waals surface area contributed by atoms with Gasteiger partial charge in [0.2, 0.25) is 0 Å². The Balaban J connectivity index is 1.63. The summed E-state index contributed by atoms with van der Waals surface area (Å²) < 4.78 is 5.79. The molecule has 0 unspecified atom stereocenters. The minimum Gasteiger partial charge on any atom is -0.494 e. The number of allylic oxidation sites excluding steroid dienone is 1. The molecule has 2 aromatic heterocycles. The zero-order valence-corrected chi connectivity index (χ0v) is 16.1. The monoisotopic (exact) mass is 375 g/mol. The van der Waals surface area contributed by atoms with E-state index in [1.54, 1.807) is 6.20 Å². The van der Waals surface area contributed by atoms with Crippen molar-refractivity contribution in [1.29, 1.82) is 0 Å². The molecule has 3 aromatic rings. The first-order valence-electron chi connectivity index (χ1n) is 9.55. The molecule has 0 bridgehead atoms. The predicted octanol–water partition coefficient (Wildman–Crippen LogP) is 5.32. The van der Waals surface area contributed by atoms with E-state index in [4.69, 9.17) is 4.74 Å². The Kier molecular flexibility index (Phi) is 6.73. The molecule has 3 rings (SSSR count). The van der Waals surface area contributed by atoms with E-state index in [0.29, 0.717) is 23.5 Å². The van der Waals surface area contributed by atoms with Crippen molar-refractivity contribution in [2.24, 2.45) is 0 Å². The van der Waals surface area contributed by atoms with Crippen LogP contribution < -0.4 is 10.1 Å². The zero-order valence-electron chi connectivity index (χ0n) is 16.1. The van der Waals surface area contributed by atoms with E-state index in [0.717, 1.165) is 42.5 Å². The largest absolute Gasteiger partial charge is 0.494 e. The summed E-state index contributed by atoms with van der Waals surface area (Å²) in [6, 6.07) is 13.0. The fourth-order valence-corrected chi connectivity index (χ4v) is 2.94.